The third-order valence-corrected chi connectivity index (χ3v) is 4.31. The van der Waals surface area contributed by atoms with Gasteiger partial charge in [0.15, 0.2) is 0 Å². The first kappa shape index (κ1) is 18.2. The van der Waals surface area contributed by atoms with Gasteiger partial charge in [0.05, 0.1) is 25.1 Å². The van der Waals surface area contributed by atoms with Crippen LogP contribution in [0.2, 0.25) is 5.02 Å². The van der Waals surface area contributed by atoms with Gasteiger partial charge in [-0.2, -0.15) is 5.10 Å². The van der Waals surface area contributed by atoms with E-state index in [1.165, 1.54) is 5.01 Å². The Labute approximate surface area is 156 Å². The number of hydrazone groups is 1. The predicted molar refractivity (Wildman–Crippen MR) is 97.8 cm³/mol. The monoisotopic (exact) mass is 374 g/mol. The van der Waals surface area contributed by atoms with Crippen LogP contribution in [-0.2, 0) is 9.59 Å². The second kappa shape index (κ2) is 8.16. The zero-order valence-corrected chi connectivity index (χ0v) is 15.0. The number of rotatable bonds is 6. The molecule has 3 rings (SSSR count). The van der Waals surface area contributed by atoms with Gasteiger partial charge in [-0.1, -0.05) is 23.7 Å². The molecular formula is C18H19ClN4O3. The molecule has 0 spiro atoms. The molecule has 1 aliphatic rings. The third-order valence-electron chi connectivity index (χ3n) is 4.06. The maximum absolute atomic E-state index is 12.6. The molecule has 0 aliphatic carbocycles. The molecule has 1 atom stereocenters. The Kier molecular flexibility index (Phi) is 5.70. The summed E-state index contributed by atoms with van der Waals surface area (Å²) in [5, 5.41) is 11.9. The van der Waals surface area contributed by atoms with Gasteiger partial charge < -0.3 is 9.73 Å². The van der Waals surface area contributed by atoms with Gasteiger partial charge in [-0.15, -0.1) is 0 Å². The van der Waals surface area contributed by atoms with Crippen molar-refractivity contribution in [3.8, 4) is 0 Å². The van der Waals surface area contributed by atoms with Crippen LogP contribution in [0.15, 0.2) is 52.2 Å². The number of halogens is 1. The summed E-state index contributed by atoms with van der Waals surface area (Å²) in [6.45, 7) is 0.0667. The Hall–Kier alpha value is -2.64. The molecule has 0 radical (unpaired) electrons. The van der Waals surface area contributed by atoms with Crippen molar-refractivity contribution in [2.24, 2.45) is 5.10 Å². The molecule has 2 heterocycles. The van der Waals surface area contributed by atoms with Crippen molar-refractivity contribution in [3.63, 3.8) is 0 Å². The van der Waals surface area contributed by atoms with Crippen molar-refractivity contribution in [1.82, 2.24) is 15.6 Å². The molecule has 0 bridgehead atoms. The Balaban J connectivity index is 1.77. The van der Waals surface area contributed by atoms with Gasteiger partial charge >= 0.3 is 0 Å². The highest BCUT2D eigenvalue weighted by Crippen LogP contribution is 2.33. The Morgan fingerprint density at radius 3 is 2.69 bits per heavy atom. The van der Waals surface area contributed by atoms with E-state index in [1.54, 1.807) is 31.5 Å². The highest BCUT2D eigenvalue weighted by Gasteiger charge is 2.34. The number of hydrogen-bond donors (Lipinski definition) is 2. The van der Waals surface area contributed by atoms with E-state index >= 15 is 0 Å². The number of likely N-dealkylation sites (N-methyl/N-ethyl adjacent to an activating group) is 1. The summed E-state index contributed by atoms with van der Waals surface area (Å²) in [6, 6.07) is 10.6. The van der Waals surface area contributed by atoms with E-state index in [9.17, 15) is 9.59 Å². The minimum absolute atomic E-state index is 0.00201. The first-order chi connectivity index (χ1) is 12.6. The van der Waals surface area contributed by atoms with Crippen LogP contribution >= 0.6 is 11.6 Å². The van der Waals surface area contributed by atoms with Crippen LogP contribution in [-0.4, -0.2) is 42.7 Å². The van der Waals surface area contributed by atoms with Crippen LogP contribution < -0.4 is 10.6 Å². The summed E-state index contributed by atoms with van der Waals surface area (Å²) >= 11 is 5.94. The molecule has 0 saturated heterocycles. The molecule has 1 aromatic heterocycles. The number of hydrogen-bond acceptors (Lipinski definition) is 5. The molecule has 7 nitrogen and oxygen atoms in total. The van der Waals surface area contributed by atoms with Crippen molar-refractivity contribution >= 4 is 29.1 Å². The zero-order chi connectivity index (χ0) is 18.5. The normalized spacial score (nSPS) is 16.5. The first-order valence-corrected chi connectivity index (χ1v) is 8.56. The van der Waals surface area contributed by atoms with Crippen molar-refractivity contribution in [2.45, 2.75) is 12.5 Å². The van der Waals surface area contributed by atoms with Gasteiger partial charge in [-0.3, -0.25) is 14.9 Å². The van der Waals surface area contributed by atoms with E-state index < -0.39 is 0 Å². The van der Waals surface area contributed by atoms with Crippen LogP contribution in [0.1, 0.15) is 23.8 Å². The lowest BCUT2D eigenvalue weighted by Crippen LogP contribution is -2.39. The summed E-state index contributed by atoms with van der Waals surface area (Å²) in [4.78, 5) is 23.9. The molecule has 1 aliphatic heterocycles. The summed E-state index contributed by atoms with van der Waals surface area (Å²) in [5.41, 5.74) is 1.68. The number of carbonyl (C=O) groups excluding carboxylic acids is 2. The van der Waals surface area contributed by atoms with E-state index in [0.29, 0.717) is 17.2 Å². The minimum atomic E-state index is -0.315. The van der Waals surface area contributed by atoms with Gasteiger partial charge in [-0.05, 0) is 29.8 Å². The molecule has 136 valence electrons. The van der Waals surface area contributed by atoms with Gasteiger partial charge in [0.1, 0.15) is 11.8 Å². The summed E-state index contributed by atoms with van der Waals surface area (Å²) in [5.74, 6) is 0.240. The third kappa shape index (κ3) is 4.12. The van der Waals surface area contributed by atoms with Crippen molar-refractivity contribution in [2.75, 3.05) is 20.1 Å². The maximum Gasteiger partial charge on any atom is 0.257 e. The van der Waals surface area contributed by atoms with Crippen molar-refractivity contribution in [3.05, 3.63) is 59.0 Å². The van der Waals surface area contributed by atoms with E-state index in [4.69, 9.17) is 16.0 Å². The number of benzene rings is 1. The molecule has 2 aromatic rings. The number of amides is 2. The Morgan fingerprint density at radius 2 is 2.04 bits per heavy atom. The van der Waals surface area contributed by atoms with Crippen LogP contribution in [0, 0.1) is 0 Å². The number of nitrogens with zero attached hydrogens (tertiary/aromatic N) is 2. The lowest BCUT2D eigenvalue weighted by Gasteiger charge is -2.20. The second-order valence-corrected chi connectivity index (χ2v) is 6.24. The molecular weight excluding hydrogens is 356 g/mol. The van der Waals surface area contributed by atoms with Crippen molar-refractivity contribution < 1.29 is 14.0 Å². The molecule has 2 N–H and O–H groups in total. The highest BCUT2D eigenvalue weighted by atomic mass is 35.5. The molecule has 26 heavy (non-hydrogen) atoms. The van der Waals surface area contributed by atoms with Crippen LogP contribution in [0.25, 0.3) is 0 Å². The lowest BCUT2D eigenvalue weighted by molar-refractivity contribution is -0.132. The summed E-state index contributed by atoms with van der Waals surface area (Å²) in [6.07, 6.45) is 2.11. The fraction of sp³-hybridized carbons (Fsp3) is 0.278. The van der Waals surface area contributed by atoms with E-state index in [2.05, 4.69) is 15.7 Å². The maximum atomic E-state index is 12.6. The predicted octanol–water partition coefficient (Wildman–Crippen LogP) is 1.95. The quantitative estimate of drug-likeness (QED) is 0.809. The first-order valence-electron chi connectivity index (χ1n) is 8.18. The standard InChI is InChI=1S/C18H19ClN4O3/c1-20-17(24)10-21-11-18(25)23-15(16-3-2-8-26-16)9-14(22-23)12-4-6-13(19)7-5-12/h2-8,15,21H,9-11H2,1H3,(H,20,24)/t15-/m0/s1. The highest BCUT2D eigenvalue weighted by molar-refractivity contribution is 6.30. The zero-order valence-electron chi connectivity index (χ0n) is 14.2. The minimum Gasteiger partial charge on any atom is -0.467 e. The topological polar surface area (TPSA) is 86.9 Å². The number of carbonyl (C=O) groups is 2. The summed E-state index contributed by atoms with van der Waals surface area (Å²) in [7, 11) is 1.54. The molecule has 0 unspecified atom stereocenters. The lowest BCUT2D eigenvalue weighted by atomic mass is 10.0. The van der Waals surface area contributed by atoms with Crippen LogP contribution in [0.5, 0.6) is 0 Å². The van der Waals surface area contributed by atoms with Gasteiger partial charge in [0.2, 0.25) is 5.91 Å². The van der Waals surface area contributed by atoms with Gasteiger partial charge in [-0.25, -0.2) is 5.01 Å². The Morgan fingerprint density at radius 1 is 1.27 bits per heavy atom. The Bertz CT molecular complexity index is 802. The number of furan rings is 1. The molecule has 0 saturated carbocycles. The van der Waals surface area contributed by atoms with E-state index in [-0.39, 0.29) is 30.9 Å². The second-order valence-electron chi connectivity index (χ2n) is 5.80. The largest absolute Gasteiger partial charge is 0.467 e. The molecule has 1 aromatic carbocycles. The SMILES string of the molecule is CNC(=O)CNCC(=O)N1N=C(c2ccc(Cl)cc2)C[C@H]1c1ccco1. The molecule has 8 heteroatoms. The van der Waals surface area contributed by atoms with E-state index in [1.807, 2.05) is 18.2 Å². The average molecular weight is 375 g/mol. The number of nitrogens with one attached hydrogen (secondary N) is 2. The van der Waals surface area contributed by atoms with Crippen molar-refractivity contribution in [1.29, 1.82) is 0 Å². The fourth-order valence-corrected chi connectivity index (χ4v) is 2.84. The van der Waals surface area contributed by atoms with E-state index in [0.717, 1.165) is 11.3 Å². The van der Waals surface area contributed by atoms with Gasteiger partial charge in [0.25, 0.3) is 5.91 Å². The summed E-state index contributed by atoms with van der Waals surface area (Å²) < 4.78 is 5.49. The molecule has 0 fully saturated rings. The smallest absolute Gasteiger partial charge is 0.257 e. The fourth-order valence-electron chi connectivity index (χ4n) is 2.71. The molecule has 2 amide bonds. The van der Waals surface area contributed by atoms with Crippen LogP contribution in [0.3, 0.4) is 0 Å². The average Bonchev–Trinajstić information content (AvgIpc) is 3.31. The van der Waals surface area contributed by atoms with Crippen LogP contribution in [0.4, 0.5) is 0 Å². The van der Waals surface area contributed by atoms with Gasteiger partial charge in [0, 0.05) is 18.5 Å².